The van der Waals surface area contributed by atoms with Gasteiger partial charge in [0.2, 0.25) is 10.0 Å². The molecule has 1 aliphatic heterocycles. The van der Waals surface area contributed by atoms with Crippen LogP contribution in [0.15, 0.2) is 65.6 Å². The Morgan fingerprint density at radius 2 is 1.68 bits per heavy atom. The highest BCUT2D eigenvalue weighted by Crippen LogP contribution is 2.31. The Bertz CT molecular complexity index is 1050. The lowest BCUT2D eigenvalue weighted by molar-refractivity contribution is 0.0674. The second kappa shape index (κ2) is 10.9. The summed E-state index contributed by atoms with van der Waals surface area (Å²) in [4.78, 5) is 14.6. The van der Waals surface area contributed by atoms with Crippen LogP contribution in [0.3, 0.4) is 0 Å². The van der Waals surface area contributed by atoms with Crippen molar-refractivity contribution in [3.05, 3.63) is 66.2 Å². The lowest BCUT2D eigenvalue weighted by Gasteiger charge is -2.40. The van der Waals surface area contributed by atoms with Gasteiger partial charge in [0.15, 0.2) is 0 Å². The lowest BCUT2D eigenvalue weighted by atomic mass is 9.95. The summed E-state index contributed by atoms with van der Waals surface area (Å²) >= 11 is 0. The number of hydrogen-bond donors (Lipinski definition) is 2. The molecule has 1 saturated carbocycles. The molecule has 1 amide bonds. The number of carbonyl (C=O) groups excluding carboxylic acids is 1. The minimum Gasteiger partial charge on any atom is -0.445 e. The van der Waals surface area contributed by atoms with Crippen molar-refractivity contribution >= 4 is 16.1 Å². The predicted octanol–water partition coefficient (Wildman–Crippen LogP) is 2.58. The molecule has 0 radical (unpaired) electrons. The van der Waals surface area contributed by atoms with E-state index in [9.17, 15) is 18.3 Å². The number of benzene rings is 2. The molecule has 3 unspecified atom stereocenters. The van der Waals surface area contributed by atoms with Gasteiger partial charge in [-0.2, -0.15) is 4.31 Å². The number of nitrogens with two attached hydrogens (primary N) is 1. The maximum absolute atomic E-state index is 13.4. The fourth-order valence-electron chi connectivity index (χ4n) is 4.96. The van der Waals surface area contributed by atoms with E-state index in [1.807, 2.05) is 30.3 Å². The number of aliphatic hydroxyl groups excluding tert-OH is 1. The number of amides is 1. The summed E-state index contributed by atoms with van der Waals surface area (Å²) in [6.45, 7) is 0.880. The Kier molecular flexibility index (Phi) is 7.88. The second-order valence-electron chi connectivity index (χ2n) is 9.20. The fraction of sp³-hybridized carbons (Fsp3) is 0.480. The molecular formula is C25H33N3O5S. The molecule has 4 atom stereocenters. The topological polar surface area (TPSA) is 113 Å². The number of ether oxygens (including phenoxy) is 1. The molecule has 1 aliphatic carbocycles. The summed E-state index contributed by atoms with van der Waals surface area (Å²) in [5, 5.41) is 9.95. The molecule has 1 heterocycles. The van der Waals surface area contributed by atoms with E-state index in [-0.39, 0.29) is 43.1 Å². The van der Waals surface area contributed by atoms with Gasteiger partial charge < -0.3 is 20.5 Å². The van der Waals surface area contributed by atoms with E-state index >= 15 is 0 Å². The Balaban J connectivity index is 1.46. The first kappa shape index (κ1) is 24.7. The fourth-order valence-corrected chi connectivity index (χ4v) is 6.62. The number of piperazine rings is 1. The zero-order valence-electron chi connectivity index (χ0n) is 19.2. The Hall–Kier alpha value is -2.46. The second-order valence-corrected chi connectivity index (χ2v) is 11.1. The maximum atomic E-state index is 13.4. The molecule has 2 fully saturated rings. The highest BCUT2D eigenvalue weighted by Gasteiger charge is 2.39. The van der Waals surface area contributed by atoms with E-state index in [1.165, 1.54) is 4.31 Å². The van der Waals surface area contributed by atoms with Crippen LogP contribution in [0.4, 0.5) is 4.79 Å². The number of hydrogen-bond acceptors (Lipinski definition) is 6. The summed E-state index contributed by atoms with van der Waals surface area (Å²) in [7, 11) is -3.71. The van der Waals surface area contributed by atoms with Crippen LogP contribution in [-0.4, -0.2) is 66.6 Å². The molecule has 9 heteroatoms. The largest absolute Gasteiger partial charge is 0.445 e. The van der Waals surface area contributed by atoms with Crippen LogP contribution in [0, 0.1) is 5.92 Å². The molecule has 184 valence electrons. The smallest absolute Gasteiger partial charge is 0.410 e. The third kappa shape index (κ3) is 5.78. The monoisotopic (exact) mass is 487 g/mol. The quantitative estimate of drug-likeness (QED) is 0.621. The Morgan fingerprint density at radius 1 is 1.00 bits per heavy atom. The van der Waals surface area contributed by atoms with Gasteiger partial charge in [0.25, 0.3) is 0 Å². The summed E-state index contributed by atoms with van der Waals surface area (Å²) in [6.07, 6.45) is 1.59. The molecule has 1 saturated heterocycles. The maximum Gasteiger partial charge on any atom is 0.410 e. The predicted molar refractivity (Wildman–Crippen MR) is 128 cm³/mol. The first-order valence-electron chi connectivity index (χ1n) is 11.8. The molecule has 34 heavy (non-hydrogen) atoms. The first-order chi connectivity index (χ1) is 16.3. The van der Waals surface area contributed by atoms with E-state index in [2.05, 4.69) is 0 Å². The molecule has 8 nitrogen and oxygen atoms in total. The van der Waals surface area contributed by atoms with Crippen LogP contribution in [0.5, 0.6) is 0 Å². The highest BCUT2D eigenvalue weighted by molar-refractivity contribution is 7.89. The normalized spacial score (nSPS) is 25.9. The van der Waals surface area contributed by atoms with Crippen molar-refractivity contribution in [1.82, 2.24) is 9.21 Å². The molecule has 0 spiro atoms. The third-order valence-corrected chi connectivity index (χ3v) is 8.80. The summed E-state index contributed by atoms with van der Waals surface area (Å²) in [6, 6.07) is 17.3. The highest BCUT2D eigenvalue weighted by atomic mass is 32.2. The average molecular weight is 488 g/mol. The average Bonchev–Trinajstić information content (AvgIpc) is 3.18. The molecular weight excluding hydrogens is 454 g/mol. The molecule has 2 aliphatic rings. The van der Waals surface area contributed by atoms with Gasteiger partial charge in [-0.25, -0.2) is 13.2 Å². The van der Waals surface area contributed by atoms with Crippen LogP contribution < -0.4 is 5.73 Å². The van der Waals surface area contributed by atoms with Crippen molar-refractivity contribution in [3.63, 3.8) is 0 Å². The first-order valence-corrected chi connectivity index (χ1v) is 13.2. The molecule has 2 aromatic carbocycles. The van der Waals surface area contributed by atoms with Crippen LogP contribution in [-0.2, 0) is 21.4 Å². The number of carbonyl (C=O) groups is 1. The van der Waals surface area contributed by atoms with Gasteiger partial charge in [0.05, 0.1) is 11.0 Å². The number of aliphatic hydroxyl groups is 1. The molecule has 3 N–H and O–H groups in total. The van der Waals surface area contributed by atoms with Gasteiger partial charge in [-0.1, -0.05) is 48.5 Å². The van der Waals surface area contributed by atoms with Crippen molar-refractivity contribution in [1.29, 1.82) is 0 Å². The minimum atomic E-state index is -3.71. The SMILES string of the molecule is NC1CC(O)CC1CC[C@H]1CN(C(=O)OCc2ccccc2)CCN1S(=O)(=O)c1ccccc1. The van der Waals surface area contributed by atoms with Crippen LogP contribution in [0.25, 0.3) is 0 Å². The van der Waals surface area contributed by atoms with Gasteiger partial charge in [-0.05, 0) is 49.3 Å². The number of rotatable bonds is 7. The molecule has 2 aromatic rings. The summed E-state index contributed by atoms with van der Waals surface area (Å²) < 4.78 is 33.9. The van der Waals surface area contributed by atoms with Crippen molar-refractivity contribution in [3.8, 4) is 0 Å². The summed E-state index contributed by atoms with van der Waals surface area (Å²) in [5.41, 5.74) is 7.09. The molecule has 4 rings (SSSR count). The Morgan fingerprint density at radius 3 is 2.32 bits per heavy atom. The summed E-state index contributed by atoms with van der Waals surface area (Å²) in [5.74, 6) is 0.136. The number of sulfonamides is 1. The zero-order chi connectivity index (χ0) is 24.1. The molecule has 0 bridgehead atoms. The standard InChI is InChI=1S/C25H33N3O5S/c26-24-16-22(29)15-20(24)11-12-21-17-27(25(30)33-18-19-7-3-1-4-8-19)13-14-28(21)34(31,32)23-9-5-2-6-10-23/h1-10,20-22,24,29H,11-18,26H2/t20?,21-,22?,24?/m0/s1. The van der Waals surface area contributed by atoms with Crippen molar-refractivity contribution in [2.75, 3.05) is 19.6 Å². The van der Waals surface area contributed by atoms with Gasteiger partial charge in [-0.15, -0.1) is 0 Å². The molecule has 0 aromatic heterocycles. The van der Waals surface area contributed by atoms with Crippen LogP contribution in [0.2, 0.25) is 0 Å². The third-order valence-electron chi connectivity index (χ3n) is 6.84. The van der Waals surface area contributed by atoms with Crippen LogP contribution >= 0.6 is 0 Å². The lowest BCUT2D eigenvalue weighted by Crippen LogP contribution is -2.56. The van der Waals surface area contributed by atoms with E-state index in [4.69, 9.17) is 10.5 Å². The van der Waals surface area contributed by atoms with Crippen molar-refractivity contribution in [2.45, 2.75) is 55.4 Å². The van der Waals surface area contributed by atoms with Crippen LogP contribution in [0.1, 0.15) is 31.2 Å². The van der Waals surface area contributed by atoms with Gasteiger partial charge in [-0.3, -0.25) is 0 Å². The van der Waals surface area contributed by atoms with E-state index in [0.29, 0.717) is 25.7 Å². The van der Waals surface area contributed by atoms with Crippen molar-refractivity contribution < 1.29 is 23.1 Å². The Labute approximate surface area is 201 Å². The van der Waals surface area contributed by atoms with Gasteiger partial charge in [0.1, 0.15) is 6.61 Å². The minimum absolute atomic E-state index is 0.0929. The zero-order valence-corrected chi connectivity index (χ0v) is 20.0. The van der Waals surface area contributed by atoms with Crippen molar-refractivity contribution in [2.24, 2.45) is 11.7 Å². The number of nitrogens with zero attached hydrogens (tertiary/aromatic N) is 2. The van der Waals surface area contributed by atoms with E-state index in [0.717, 1.165) is 5.56 Å². The van der Waals surface area contributed by atoms with E-state index in [1.54, 1.807) is 35.2 Å². The van der Waals surface area contributed by atoms with Gasteiger partial charge in [0, 0.05) is 31.7 Å². The van der Waals surface area contributed by atoms with Gasteiger partial charge >= 0.3 is 6.09 Å². The van der Waals surface area contributed by atoms with E-state index < -0.39 is 28.3 Å².